The number of hydrogen-bond acceptors (Lipinski definition) is 8. The highest BCUT2D eigenvalue weighted by molar-refractivity contribution is 7.91. The number of aryl methyl sites for hydroxylation is 1. The summed E-state index contributed by atoms with van der Waals surface area (Å²) in [7, 11) is -3.08. The van der Waals surface area contributed by atoms with E-state index in [0.717, 1.165) is 0 Å². The van der Waals surface area contributed by atoms with Gasteiger partial charge in [0.15, 0.2) is 22.3 Å². The summed E-state index contributed by atoms with van der Waals surface area (Å²) in [6.45, 7) is 7.73. The van der Waals surface area contributed by atoms with Crippen LogP contribution in [0.1, 0.15) is 58.7 Å². The molecule has 1 aromatic rings. The molecule has 0 radical (unpaired) electrons. The molecule has 0 saturated carbocycles. The molecule has 10 heteroatoms. The predicted molar refractivity (Wildman–Crippen MR) is 101 cm³/mol. The number of esters is 1. The number of ether oxygens (including phenoxy) is 1. The van der Waals surface area contributed by atoms with Crippen molar-refractivity contribution in [2.24, 2.45) is 0 Å². The lowest BCUT2D eigenvalue weighted by molar-refractivity contribution is -0.152. The van der Waals surface area contributed by atoms with Crippen molar-refractivity contribution < 1.29 is 27.3 Å². The zero-order valence-corrected chi connectivity index (χ0v) is 17.8. The van der Waals surface area contributed by atoms with Crippen LogP contribution >= 0.6 is 0 Å². The molecule has 1 unspecified atom stereocenters. The standard InChI is InChI=1S/C18H29N3O6S/c1-5-21(13-9-10-28(24,25)12-13)15(22)11-26-16(23)8-6-7-14-19-17(20-27-14)18(2,3)4/h13H,5-12H2,1-4H3. The summed E-state index contributed by atoms with van der Waals surface area (Å²) in [6.07, 6.45) is 1.48. The lowest BCUT2D eigenvalue weighted by Gasteiger charge is -2.26. The first kappa shape index (κ1) is 22.3. The number of nitrogens with zero attached hydrogens (tertiary/aromatic N) is 3. The fourth-order valence-electron chi connectivity index (χ4n) is 3.00. The lowest BCUT2D eigenvalue weighted by Crippen LogP contribution is -2.43. The molecule has 0 N–H and O–H groups in total. The van der Waals surface area contributed by atoms with Crippen LogP contribution in [-0.4, -0.2) is 66.0 Å². The lowest BCUT2D eigenvalue weighted by atomic mass is 9.96. The van der Waals surface area contributed by atoms with E-state index in [1.54, 1.807) is 6.92 Å². The van der Waals surface area contributed by atoms with Crippen LogP contribution in [0.4, 0.5) is 0 Å². The van der Waals surface area contributed by atoms with Gasteiger partial charge in [0.25, 0.3) is 5.91 Å². The van der Waals surface area contributed by atoms with E-state index in [1.807, 2.05) is 20.8 Å². The molecule has 0 aromatic carbocycles. The van der Waals surface area contributed by atoms with Gasteiger partial charge >= 0.3 is 5.97 Å². The second kappa shape index (κ2) is 9.02. The highest BCUT2D eigenvalue weighted by Gasteiger charge is 2.34. The first-order chi connectivity index (χ1) is 13.0. The second-order valence-corrected chi connectivity index (χ2v) is 10.2. The van der Waals surface area contributed by atoms with Gasteiger partial charge in [-0.2, -0.15) is 4.98 Å². The third-order valence-corrected chi connectivity index (χ3v) is 6.33. The van der Waals surface area contributed by atoms with Gasteiger partial charge in [0.05, 0.1) is 11.5 Å². The van der Waals surface area contributed by atoms with Crippen LogP contribution in [0.15, 0.2) is 4.52 Å². The summed E-state index contributed by atoms with van der Waals surface area (Å²) in [6, 6.07) is -0.337. The largest absolute Gasteiger partial charge is 0.456 e. The fourth-order valence-corrected chi connectivity index (χ4v) is 4.73. The first-order valence-electron chi connectivity index (χ1n) is 9.50. The van der Waals surface area contributed by atoms with Crippen molar-refractivity contribution in [1.29, 1.82) is 0 Å². The van der Waals surface area contributed by atoms with Crippen LogP contribution in [0, 0.1) is 0 Å². The summed E-state index contributed by atoms with van der Waals surface area (Å²) < 4.78 is 33.4. The SMILES string of the molecule is CCN(C(=O)COC(=O)CCCc1nc(C(C)(C)C)no1)C1CCS(=O)(=O)C1. The van der Waals surface area contributed by atoms with E-state index in [9.17, 15) is 18.0 Å². The minimum absolute atomic E-state index is 0.0265. The van der Waals surface area contributed by atoms with Crippen LogP contribution in [0.5, 0.6) is 0 Å². The molecule has 1 fully saturated rings. The molecule has 0 bridgehead atoms. The number of carbonyl (C=O) groups is 2. The van der Waals surface area contributed by atoms with Gasteiger partial charge < -0.3 is 14.2 Å². The van der Waals surface area contributed by atoms with Crippen molar-refractivity contribution in [3.63, 3.8) is 0 Å². The molecule has 0 aliphatic carbocycles. The molecule has 9 nitrogen and oxygen atoms in total. The van der Waals surface area contributed by atoms with E-state index in [1.165, 1.54) is 4.90 Å². The van der Waals surface area contributed by atoms with Gasteiger partial charge in [-0.05, 0) is 19.8 Å². The van der Waals surface area contributed by atoms with E-state index in [-0.39, 0.29) is 41.9 Å². The molecule has 1 atom stereocenters. The van der Waals surface area contributed by atoms with Gasteiger partial charge in [0.2, 0.25) is 5.89 Å². The topological polar surface area (TPSA) is 120 Å². The van der Waals surface area contributed by atoms with E-state index >= 15 is 0 Å². The summed E-state index contributed by atoms with van der Waals surface area (Å²) in [4.78, 5) is 30.0. The Bertz CT molecular complexity index is 796. The van der Waals surface area contributed by atoms with Gasteiger partial charge in [-0.25, -0.2) is 8.42 Å². The van der Waals surface area contributed by atoms with Gasteiger partial charge in [-0.3, -0.25) is 9.59 Å². The van der Waals surface area contributed by atoms with Crippen molar-refractivity contribution >= 4 is 21.7 Å². The predicted octanol–water partition coefficient (Wildman–Crippen LogP) is 1.27. The number of likely N-dealkylation sites (N-methyl/N-ethyl adjacent to an activating group) is 1. The van der Waals surface area contributed by atoms with Crippen molar-refractivity contribution in [2.75, 3.05) is 24.7 Å². The molecule has 1 aliphatic heterocycles. The Kier molecular flexibility index (Phi) is 7.19. The summed E-state index contributed by atoms with van der Waals surface area (Å²) in [5.74, 6) is 0.288. The number of hydrogen-bond donors (Lipinski definition) is 0. The van der Waals surface area contributed by atoms with Crippen LogP contribution in [0.25, 0.3) is 0 Å². The van der Waals surface area contributed by atoms with Gasteiger partial charge in [-0.1, -0.05) is 25.9 Å². The van der Waals surface area contributed by atoms with Crippen molar-refractivity contribution in [3.8, 4) is 0 Å². The summed E-state index contributed by atoms with van der Waals surface area (Å²) in [5, 5.41) is 3.93. The molecule has 158 valence electrons. The third kappa shape index (κ3) is 6.29. The fraction of sp³-hybridized carbons (Fsp3) is 0.778. The van der Waals surface area contributed by atoms with Crippen LogP contribution in [-0.2, 0) is 36.0 Å². The van der Waals surface area contributed by atoms with Crippen LogP contribution in [0.2, 0.25) is 0 Å². The van der Waals surface area contributed by atoms with Gasteiger partial charge in [0, 0.05) is 30.8 Å². The number of carbonyl (C=O) groups excluding carboxylic acids is 2. The zero-order chi connectivity index (χ0) is 20.9. The number of amides is 1. The van der Waals surface area contributed by atoms with E-state index in [0.29, 0.717) is 37.5 Å². The van der Waals surface area contributed by atoms with Crippen LogP contribution < -0.4 is 0 Å². The van der Waals surface area contributed by atoms with Crippen molar-refractivity contribution in [2.45, 2.75) is 64.8 Å². The van der Waals surface area contributed by atoms with Crippen LogP contribution in [0.3, 0.4) is 0 Å². The molecule has 1 aromatic heterocycles. The van der Waals surface area contributed by atoms with E-state index < -0.39 is 15.8 Å². The zero-order valence-electron chi connectivity index (χ0n) is 16.9. The minimum atomic E-state index is -3.08. The van der Waals surface area contributed by atoms with E-state index in [4.69, 9.17) is 9.26 Å². The third-order valence-electron chi connectivity index (χ3n) is 4.58. The molecule has 1 saturated heterocycles. The van der Waals surface area contributed by atoms with Gasteiger partial charge in [-0.15, -0.1) is 0 Å². The van der Waals surface area contributed by atoms with Gasteiger partial charge in [0.1, 0.15) is 0 Å². The average molecular weight is 416 g/mol. The van der Waals surface area contributed by atoms with Crippen molar-refractivity contribution in [3.05, 3.63) is 11.7 Å². The smallest absolute Gasteiger partial charge is 0.306 e. The maximum absolute atomic E-state index is 12.3. The Hall–Kier alpha value is -1.97. The molecular weight excluding hydrogens is 386 g/mol. The number of sulfone groups is 1. The maximum atomic E-state index is 12.3. The molecular formula is C18H29N3O6S. The molecule has 2 heterocycles. The number of rotatable bonds is 8. The van der Waals surface area contributed by atoms with Crippen molar-refractivity contribution in [1.82, 2.24) is 15.0 Å². The Balaban J connectivity index is 1.72. The maximum Gasteiger partial charge on any atom is 0.306 e. The Morgan fingerprint density at radius 1 is 1.32 bits per heavy atom. The summed E-state index contributed by atoms with van der Waals surface area (Å²) in [5.41, 5.74) is -0.204. The molecule has 0 spiro atoms. The first-order valence-corrected chi connectivity index (χ1v) is 11.3. The Morgan fingerprint density at radius 3 is 2.57 bits per heavy atom. The Morgan fingerprint density at radius 2 is 2.04 bits per heavy atom. The molecule has 1 amide bonds. The number of aromatic nitrogens is 2. The summed E-state index contributed by atoms with van der Waals surface area (Å²) >= 11 is 0. The molecule has 28 heavy (non-hydrogen) atoms. The Labute approximate surface area is 165 Å². The normalized spacial score (nSPS) is 18.8. The highest BCUT2D eigenvalue weighted by atomic mass is 32.2. The average Bonchev–Trinajstić information content (AvgIpc) is 3.20. The quantitative estimate of drug-likeness (QED) is 0.582. The van der Waals surface area contributed by atoms with E-state index in [2.05, 4.69) is 10.1 Å². The monoisotopic (exact) mass is 415 g/mol. The minimum Gasteiger partial charge on any atom is -0.456 e. The molecule has 1 aliphatic rings. The molecule has 2 rings (SSSR count). The highest BCUT2D eigenvalue weighted by Crippen LogP contribution is 2.19. The second-order valence-electron chi connectivity index (χ2n) is 8.01.